The molecule has 0 fully saturated rings. The number of rotatable bonds is 6. The molecular weight excluding hydrogens is 314 g/mol. The molecule has 1 aliphatic rings. The number of benzene rings is 2. The molecule has 2 aromatic rings. The van der Waals surface area contributed by atoms with E-state index in [1.54, 1.807) is 0 Å². The van der Waals surface area contributed by atoms with Crippen LogP contribution < -0.4 is 10.1 Å². The standard InChI is InChI=1S/C21H25NO3/c1-14-10-18-12-20(25-19(18)11-15(14)2)21(24)22-13-17(8-9-23)16-6-4-3-5-7-16/h3-7,10-11,17,20,23H,8-9,12-13H2,1-2H3,(H,22,24). The molecule has 0 aromatic heterocycles. The third-order valence-corrected chi connectivity index (χ3v) is 4.92. The van der Waals surface area contributed by atoms with E-state index < -0.39 is 6.10 Å². The average Bonchev–Trinajstić information content (AvgIpc) is 3.02. The SMILES string of the molecule is Cc1cc2c(cc1C)OC(C(=O)NCC(CCO)c1ccccc1)C2. The molecule has 2 atom stereocenters. The van der Waals surface area contributed by atoms with Crippen LogP contribution in [0.25, 0.3) is 0 Å². The Bertz CT molecular complexity index is 711. The molecule has 3 rings (SSSR count). The lowest BCUT2D eigenvalue weighted by molar-refractivity contribution is -0.127. The number of carbonyl (C=O) groups excluding carboxylic acids is 1. The quantitative estimate of drug-likeness (QED) is 0.851. The molecule has 0 bridgehead atoms. The molecule has 2 aromatic carbocycles. The van der Waals surface area contributed by atoms with Crippen molar-refractivity contribution in [1.29, 1.82) is 0 Å². The van der Waals surface area contributed by atoms with Gasteiger partial charge in [-0.2, -0.15) is 0 Å². The van der Waals surface area contributed by atoms with Crippen molar-refractivity contribution in [2.24, 2.45) is 0 Å². The van der Waals surface area contributed by atoms with Gasteiger partial charge in [-0.05, 0) is 48.6 Å². The van der Waals surface area contributed by atoms with Crippen LogP contribution in [0.15, 0.2) is 42.5 Å². The topological polar surface area (TPSA) is 58.6 Å². The lowest BCUT2D eigenvalue weighted by Crippen LogP contribution is -2.39. The van der Waals surface area contributed by atoms with E-state index >= 15 is 0 Å². The summed E-state index contributed by atoms with van der Waals surface area (Å²) in [5.74, 6) is 0.826. The van der Waals surface area contributed by atoms with Gasteiger partial charge in [0.1, 0.15) is 5.75 Å². The highest BCUT2D eigenvalue weighted by Gasteiger charge is 2.29. The van der Waals surface area contributed by atoms with Gasteiger partial charge in [0.15, 0.2) is 6.10 Å². The minimum absolute atomic E-state index is 0.0922. The lowest BCUT2D eigenvalue weighted by Gasteiger charge is -2.18. The van der Waals surface area contributed by atoms with Gasteiger partial charge in [0, 0.05) is 25.5 Å². The lowest BCUT2D eigenvalue weighted by atomic mass is 9.96. The van der Waals surface area contributed by atoms with E-state index in [1.807, 2.05) is 43.3 Å². The summed E-state index contributed by atoms with van der Waals surface area (Å²) in [6.45, 7) is 4.71. The Morgan fingerprint density at radius 2 is 1.96 bits per heavy atom. The van der Waals surface area contributed by atoms with Gasteiger partial charge in [0.25, 0.3) is 5.91 Å². The van der Waals surface area contributed by atoms with Crippen molar-refractivity contribution in [2.45, 2.75) is 38.7 Å². The number of aryl methyl sites for hydroxylation is 2. The molecule has 1 amide bonds. The Morgan fingerprint density at radius 3 is 2.68 bits per heavy atom. The largest absolute Gasteiger partial charge is 0.480 e. The van der Waals surface area contributed by atoms with Crippen LogP contribution in [0.1, 0.15) is 34.6 Å². The van der Waals surface area contributed by atoms with Crippen molar-refractivity contribution in [3.05, 3.63) is 64.7 Å². The Kier molecular flexibility index (Phi) is 5.39. The predicted octanol–water partition coefficient (Wildman–Crippen LogP) is 2.89. The maximum atomic E-state index is 12.5. The van der Waals surface area contributed by atoms with Crippen molar-refractivity contribution in [2.75, 3.05) is 13.2 Å². The van der Waals surface area contributed by atoms with Crippen LogP contribution >= 0.6 is 0 Å². The number of aliphatic hydroxyl groups excluding tert-OH is 1. The van der Waals surface area contributed by atoms with Crippen LogP contribution in [0.4, 0.5) is 0 Å². The van der Waals surface area contributed by atoms with Crippen molar-refractivity contribution in [3.8, 4) is 5.75 Å². The van der Waals surface area contributed by atoms with E-state index in [9.17, 15) is 9.90 Å². The zero-order valence-corrected chi connectivity index (χ0v) is 14.8. The molecule has 2 unspecified atom stereocenters. The molecular formula is C21H25NO3. The van der Waals surface area contributed by atoms with Gasteiger partial charge in [0.2, 0.25) is 0 Å². The summed E-state index contributed by atoms with van der Waals surface area (Å²) in [7, 11) is 0. The fraction of sp³-hybridized carbons (Fsp3) is 0.381. The molecule has 1 aliphatic heterocycles. The summed E-state index contributed by atoms with van der Waals surface area (Å²) in [4.78, 5) is 12.5. The highest BCUT2D eigenvalue weighted by atomic mass is 16.5. The van der Waals surface area contributed by atoms with Crippen molar-refractivity contribution in [3.63, 3.8) is 0 Å². The van der Waals surface area contributed by atoms with Crippen LogP contribution in [0.2, 0.25) is 0 Å². The summed E-state index contributed by atoms with van der Waals surface area (Å²) in [6.07, 6.45) is 0.758. The molecule has 0 saturated carbocycles. The Morgan fingerprint density at radius 1 is 1.24 bits per heavy atom. The first-order valence-corrected chi connectivity index (χ1v) is 8.78. The zero-order valence-electron chi connectivity index (χ0n) is 14.8. The van der Waals surface area contributed by atoms with Gasteiger partial charge in [-0.1, -0.05) is 36.4 Å². The molecule has 0 saturated heterocycles. The summed E-state index contributed by atoms with van der Waals surface area (Å²) in [5.41, 5.74) is 4.61. The predicted molar refractivity (Wildman–Crippen MR) is 97.9 cm³/mol. The average molecular weight is 339 g/mol. The molecule has 0 radical (unpaired) electrons. The van der Waals surface area contributed by atoms with Gasteiger partial charge in [-0.15, -0.1) is 0 Å². The first-order chi connectivity index (χ1) is 12.1. The minimum atomic E-state index is -0.471. The summed E-state index contributed by atoms with van der Waals surface area (Å²) >= 11 is 0. The van der Waals surface area contributed by atoms with E-state index in [2.05, 4.69) is 18.3 Å². The molecule has 2 N–H and O–H groups in total. The second-order valence-corrected chi connectivity index (χ2v) is 6.72. The van der Waals surface area contributed by atoms with E-state index in [0.29, 0.717) is 19.4 Å². The highest BCUT2D eigenvalue weighted by Crippen LogP contribution is 2.31. The molecule has 132 valence electrons. The van der Waals surface area contributed by atoms with E-state index in [-0.39, 0.29) is 18.4 Å². The number of nitrogens with one attached hydrogen (secondary N) is 1. The van der Waals surface area contributed by atoms with Gasteiger partial charge >= 0.3 is 0 Å². The fourth-order valence-electron chi connectivity index (χ4n) is 3.26. The second kappa shape index (κ2) is 7.70. The Balaban J connectivity index is 1.61. The number of carbonyl (C=O) groups is 1. The number of fused-ring (bicyclic) bond motifs is 1. The zero-order chi connectivity index (χ0) is 17.8. The smallest absolute Gasteiger partial charge is 0.261 e. The first-order valence-electron chi connectivity index (χ1n) is 8.78. The maximum Gasteiger partial charge on any atom is 0.261 e. The summed E-state index contributed by atoms with van der Waals surface area (Å²) in [6, 6.07) is 14.1. The van der Waals surface area contributed by atoms with Crippen LogP contribution in [-0.4, -0.2) is 30.3 Å². The number of ether oxygens (including phenoxy) is 1. The van der Waals surface area contributed by atoms with Crippen molar-refractivity contribution >= 4 is 5.91 Å². The minimum Gasteiger partial charge on any atom is -0.480 e. The third-order valence-electron chi connectivity index (χ3n) is 4.92. The molecule has 0 spiro atoms. The third kappa shape index (κ3) is 4.02. The fourth-order valence-corrected chi connectivity index (χ4v) is 3.26. The first kappa shape index (κ1) is 17.5. The van der Waals surface area contributed by atoms with Crippen LogP contribution in [-0.2, 0) is 11.2 Å². The second-order valence-electron chi connectivity index (χ2n) is 6.72. The molecule has 25 heavy (non-hydrogen) atoms. The van der Waals surface area contributed by atoms with Crippen LogP contribution in [0, 0.1) is 13.8 Å². The van der Waals surface area contributed by atoms with E-state index in [4.69, 9.17) is 4.74 Å². The highest BCUT2D eigenvalue weighted by molar-refractivity contribution is 5.82. The van der Waals surface area contributed by atoms with Gasteiger partial charge in [-0.3, -0.25) is 4.79 Å². The molecule has 0 aliphatic carbocycles. The van der Waals surface area contributed by atoms with Gasteiger partial charge in [0.05, 0.1) is 0 Å². The number of aliphatic hydroxyl groups is 1. The van der Waals surface area contributed by atoms with Crippen LogP contribution in [0.5, 0.6) is 5.75 Å². The Hall–Kier alpha value is -2.33. The van der Waals surface area contributed by atoms with E-state index in [1.165, 1.54) is 11.1 Å². The molecule has 1 heterocycles. The number of hydrogen-bond donors (Lipinski definition) is 2. The van der Waals surface area contributed by atoms with Gasteiger partial charge in [-0.25, -0.2) is 0 Å². The summed E-state index contributed by atoms with van der Waals surface area (Å²) in [5, 5.41) is 12.3. The maximum absolute atomic E-state index is 12.5. The molecule has 4 nitrogen and oxygen atoms in total. The number of hydrogen-bond acceptors (Lipinski definition) is 3. The Labute approximate surface area is 148 Å². The van der Waals surface area contributed by atoms with E-state index in [0.717, 1.165) is 16.9 Å². The molecule has 4 heteroatoms. The number of amides is 1. The monoisotopic (exact) mass is 339 g/mol. The van der Waals surface area contributed by atoms with Gasteiger partial charge < -0.3 is 15.2 Å². The van der Waals surface area contributed by atoms with Crippen molar-refractivity contribution < 1.29 is 14.6 Å². The van der Waals surface area contributed by atoms with Crippen LogP contribution in [0.3, 0.4) is 0 Å². The summed E-state index contributed by atoms with van der Waals surface area (Å²) < 4.78 is 5.84. The van der Waals surface area contributed by atoms with Crippen molar-refractivity contribution in [1.82, 2.24) is 5.32 Å². The normalized spacial score (nSPS) is 16.8.